The number of rotatable bonds is 8. The first kappa shape index (κ1) is 21.4. The Bertz CT molecular complexity index is 763. The number of ether oxygens (including phenoxy) is 2. The van der Waals surface area contributed by atoms with E-state index in [0.29, 0.717) is 0 Å². The van der Waals surface area contributed by atoms with E-state index >= 15 is 0 Å². The van der Waals surface area contributed by atoms with Crippen LogP contribution in [0.25, 0.3) is 0 Å². The normalized spacial score (nSPS) is 14.0. The first-order chi connectivity index (χ1) is 13.3. The van der Waals surface area contributed by atoms with Gasteiger partial charge in [-0.1, -0.05) is 74.5 Å². The Balaban J connectivity index is 2.04. The largest absolute Gasteiger partial charge is 0.459 e. The summed E-state index contributed by atoms with van der Waals surface area (Å²) in [4.78, 5) is 25.0. The zero-order valence-corrected chi connectivity index (χ0v) is 16.4. The standard InChI is InChI=1S/C22H27NO5/c1-16(2)19(24)22(3,20(25)27-14-17-10-6-4-7-11-17)23-21(26)28-15-18-12-8-5-9-13-18/h4-13,16,19,24H,14-15H2,1-3H3,(H,23,26)/t19-,22-/m1/s1. The highest BCUT2D eigenvalue weighted by atomic mass is 16.6. The Morgan fingerprint density at radius 1 is 0.929 bits per heavy atom. The van der Waals surface area contributed by atoms with Gasteiger partial charge in [-0.15, -0.1) is 0 Å². The molecule has 150 valence electrons. The second kappa shape index (κ2) is 9.90. The van der Waals surface area contributed by atoms with Crippen LogP contribution >= 0.6 is 0 Å². The van der Waals surface area contributed by atoms with E-state index < -0.39 is 23.7 Å². The summed E-state index contributed by atoms with van der Waals surface area (Å²) in [5.74, 6) is -1.02. The predicted octanol–water partition coefficient (Wildman–Crippen LogP) is 3.43. The quantitative estimate of drug-likeness (QED) is 0.680. The molecule has 0 aromatic heterocycles. The highest BCUT2D eigenvalue weighted by molar-refractivity contribution is 5.86. The van der Waals surface area contributed by atoms with Crippen molar-refractivity contribution in [2.45, 2.75) is 45.6 Å². The summed E-state index contributed by atoms with van der Waals surface area (Å²) >= 11 is 0. The molecule has 0 radical (unpaired) electrons. The van der Waals surface area contributed by atoms with E-state index in [0.717, 1.165) is 11.1 Å². The monoisotopic (exact) mass is 385 g/mol. The van der Waals surface area contributed by atoms with Crippen LogP contribution in [0.5, 0.6) is 0 Å². The van der Waals surface area contributed by atoms with Gasteiger partial charge in [0.1, 0.15) is 13.2 Å². The third-order valence-corrected chi connectivity index (χ3v) is 4.43. The molecule has 0 saturated heterocycles. The van der Waals surface area contributed by atoms with Gasteiger partial charge < -0.3 is 19.9 Å². The molecule has 0 aliphatic heterocycles. The third kappa shape index (κ3) is 5.82. The Hall–Kier alpha value is -2.86. The number of nitrogens with one attached hydrogen (secondary N) is 1. The first-order valence-corrected chi connectivity index (χ1v) is 9.21. The Labute approximate surface area is 165 Å². The number of aliphatic hydroxyl groups is 1. The van der Waals surface area contributed by atoms with E-state index in [9.17, 15) is 14.7 Å². The molecule has 28 heavy (non-hydrogen) atoms. The van der Waals surface area contributed by atoms with Crippen LogP contribution in [0.4, 0.5) is 4.79 Å². The van der Waals surface area contributed by atoms with Gasteiger partial charge in [-0.2, -0.15) is 0 Å². The Morgan fingerprint density at radius 3 is 1.86 bits per heavy atom. The summed E-state index contributed by atoms with van der Waals surface area (Å²) in [7, 11) is 0. The first-order valence-electron chi connectivity index (χ1n) is 9.21. The molecule has 6 nitrogen and oxygen atoms in total. The minimum Gasteiger partial charge on any atom is -0.459 e. The van der Waals surface area contributed by atoms with Crippen LogP contribution in [0, 0.1) is 5.92 Å². The summed E-state index contributed by atoms with van der Waals surface area (Å²) in [6.07, 6.45) is -1.96. The number of esters is 1. The van der Waals surface area contributed by atoms with Gasteiger partial charge in [0.2, 0.25) is 0 Å². The molecular weight excluding hydrogens is 358 g/mol. The van der Waals surface area contributed by atoms with E-state index in [1.807, 2.05) is 60.7 Å². The lowest BCUT2D eigenvalue weighted by atomic mass is 9.87. The smallest absolute Gasteiger partial charge is 0.408 e. The van der Waals surface area contributed by atoms with Crippen LogP contribution in [-0.4, -0.2) is 28.8 Å². The number of hydrogen-bond donors (Lipinski definition) is 2. The molecule has 2 aromatic rings. The van der Waals surface area contributed by atoms with Crippen molar-refractivity contribution >= 4 is 12.1 Å². The zero-order chi connectivity index (χ0) is 20.6. The average Bonchev–Trinajstić information content (AvgIpc) is 2.71. The van der Waals surface area contributed by atoms with Crippen molar-refractivity contribution in [2.24, 2.45) is 5.92 Å². The number of amides is 1. The maximum absolute atomic E-state index is 12.7. The fraction of sp³-hybridized carbons (Fsp3) is 0.364. The second-order valence-corrected chi connectivity index (χ2v) is 7.14. The molecule has 0 bridgehead atoms. The Morgan fingerprint density at radius 2 is 1.39 bits per heavy atom. The molecule has 0 saturated carbocycles. The molecule has 0 aliphatic rings. The number of alkyl carbamates (subject to hydrolysis) is 1. The summed E-state index contributed by atoms with van der Waals surface area (Å²) < 4.78 is 10.6. The number of benzene rings is 2. The molecule has 0 aliphatic carbocycles. The van der Waals surface area contributed by atoms with Crippen molar-refractivity contribution in [3.05, 3.63) is 71.8 Å². The van der Waals surface area contributed by atoms with Crippen molar-refractivity contribution in [1.29, 1.82) is 0 Å². The lowest BCUT2D eigenvalue weighted by Gasteiger charge is -2.34. The maximum Gasteiger partial charge on any atom is 0.408 e. The van der Waals surface area contributed by atoms with Gasteiger partial charge in [0.05, 0.1) is 6.10 Å². The van der Waals surface area contributed by atoms with Gasteiger partial charge in [-0.3, -0.25) is 0 Å². The molecule has 2 atom stereocenters. The van der Waals surface area contributed by atoms with Crippen LogP contribution in [0.3, 0.4) is 0 Å². The SMILES string of the molecule is CC(C)[C@@H](O)[C@@](C)(NC(=O)OCc1ccccc1)C(=O)OCc1ccccc1. The number of carbonyl (C=O) groups is 2. The van der Waals surface area contributed by atoms with Gasteiger partial charge in [0, 0.05) is 0 Å². The van der Waals surface area contributed by atoms with E-state index in [1.54, 1.807) is 13.8 Å². The fourth-order valence-electron chi connectivity index (χ4n) is 2.76. The van der Waals surface area contributed by atoms with Crippen LogP contribution < -0.4 is 5.32 Å². The highest BCUT2D eigenvalue weighted by Crippen LogP contribution is 2.21. The van der Waals surface area contributed by atoms with Gasteiger partial charge in [-0.25, -0.2) is 9.59 Å². The topological polar surface area (TPSA) is 84.9 Å². The zero-order valence-electron chi connectivity index (χ0n) is 16.4. The van der Waals surface area contributed by atoms with Crippen molar-refractivity contribution in [1.82, 2.24) is 5.32 Å². The third-order valence-electron chi connectivity index (χ3n) is 4.43. The van der Waals surface area contributed by atoms with Crippen molar-refractivity contribution < 1.29 is 24.2 Å². The number of hydrogen-bond acceptors (Lipinski definition) is 5. The van der Waals surface area contributed by atoms with Crippen LogP contribution in [-0.2, 0) is 27.5 Å². The van der Waals surface area contributed by atoms with Crippen LogP contribution in [0.2, 0.25) is 0 Å². The molecule has 0 spiro atoms. The van der Waals surface area contributed by atoms with Crippen LogP contribution in [0.1, 0.15) is 31.9 Å². The second-order valence-electron chi connectivity index (χ2n) is 7.14. The highest BCUT2D eigenvalue weighted by Gasteiger charge is 2.45. The molecule has 1 amide bonds. The molecular formula is C22H27NO5. The van der Waals surface area contributed by atoms with Crippen molar-refractivity contribution in [3.63, 3.8) is 0 Å². The van der Waals surface area contributed by atoms with Crippen molar-refractivity contribution in [3.8, 4) is 0 Å². The minimum atomic E-state index is -1.64. The summed E-state index contributed by atoms with van der Waals surface area (Å²) in [5, 5.41) is 13.1. The van der Waals surface area contributed by atoms with Gasteiger partial charge in [0.25, 0.3) is 0 Å². The molecule has 6 heteroatoms. The summed E-state index contributed by atoms with van der Waals surface area (Å²) in [5.41, 5.74) is -0.0178. The summed E-state index contributed by atoms with van der Waals surface area (Å²) in [6, 6.07) is 18.4. The predicted molar refractivity (Wildman–Crippen MR) is 105 cm³/mol. The molecule has 0 unspecified atom stereocenters. The fourth-order valence-corrected chi connectivity index (χ4v) is 2.76. The molecule has 0 fully saturated rings. The van der Waals surface area contributed by atoms with E-state index in [1.165, 1.54) is 6.92 Å². The van der Waals surface area contributed by atoms with Gasteiger partial charge in [-0.05, 0) is 24.0 Å². The van der Waals surface area contributed by atoms with E-state index in [4.69, 9.17) is 9.47 Å². The van der Waals surface area contributed by atoms with Gasteiger partial charge >= 0.3 is 12.1 Å². The molecule has 0 heterocycles. The number of carbonyl (C=O) groups excluding carboxylic acids is 2. The molecule has 2 rings (SSSR count). The van der Waals surface area contributed by atoms with E-state index in [2.05, 4.69) is 5.32 Å². The van der Waals surface area contributed by atoms with Gasteiger partial charge in [0.15, 0.2) is 5.54 Å². The molecule has 2 aromatic carbocycles. The Kier molecular flexibility index (Phi) is 7.58. The summed E-state index contributed by atoms with van der Waals surface area (Å²) in [6.45, 7) is 5.05. The molecule has 2 N–H and O–H groups in total. The maximum atomic E-state index is 12.7. The minimum absolute atomic E-state index is 0.0425. The lowest BCUT2D eigenvalue weighted by molar-refractivity contribution is -0.158. The van der Waals surface area contributed by atoms with Crippen molar-refractivity contribution in [2.75, 3.05) is 0 Å². The number of aliphatic hydroxyl groups excluding tert-OH is 1. The average molecular weight is 385 g/mol. The van der Waals surface area contributed by atoms with E-state index in [-0.39, 0.29) is 19.1 Å². The van der Waals surface area contributed by atoms with Crippen LogP contribution in [0.15, 0.2) is 60.7 Å². The lowest BCUT2D eigenvalue weighted by Crippen LogP contribution is -2.62.